The Hall–Kier alpha value is -2.81. The van der Waals surface area contributed by atoms with Crippen molar-refractivity contribution in [1.29, 1.82) is 0 Å². The Bertz CT molecular complexity index is 2480. The molecule has 2 radical (unpaired) electrons. The average molecular weight is 1060 g/mol. The fourth-order valence-electron chi connectivity index (χ4n) is 5.63. The van der Waals surface area contributed by atoms with E-state index in [2.05, 4.69) is 9.97 Å². The molecule has 15 heteroatoms. The van der Waals surface area contributed by atoms with Crippen LogP contribution in [0.5, 0.6) is 0 Å². The summed E-state index contributed by atoms with van der Waals surface area (Å²) in [7, 11) is -2.82. The minimum absolute atomic E-state index is 0. The van der Waals surface area contributed by atoms with Gasteiger partial charge >= 0.3 is 29.6 Å². The van der Waals surface area contributed by atoms with Gasteiger partial charge in [0.2, 0.25) is 11.6 Å². The van der Waals surface area contributed by atoms with Crippen LogP contribution in [0.3, 0.4) is 0 Å². The molecule has 10 nitrogen and oxygen atoms in total. The number of carbonyl (C=O) groups excluding carboxylic acids is 2. The van der Waals surface area contributed by atoms with Crippen LogP contribution in [0.4, 0.5) is 0 Å². The van der Waals surface area contributed by atoms with Gasteiger partial charge in [-0.25, -0.2) is 0 Å². The van der Waals surface area contributed by atoms with Gasteiger partial charge in [0.25, 0.3) is 0 Å². The number of ketones is 2. The van der Waals surface area contributed by atoms with Crippen LogP contribution in [0.1, 0.15) is 73.8 Å². The predicted octanol–water partition coefficient (Wildman–Crippen LogP) is 7.37. The maximum Gasteiger partial charge on any atom is 1.00 e. The number of rotatable bonds is 16. The van der Waals surface area contributed by atoms with E-state index in [0.717, 1.165) is 41.8 Å². The van der Waals surface area contributed by atoms with E-state index >= 15 is 0 Å². The molecule has 0 fully saturated rings. The van der Waals surface area contributed by atoms with Crippen LogP contribution in [-0.2, 0) is 105 Å². The first-order valence-electron chi connectivity index (χ1n) is 19.7. The monoisotopic (exact) mass is 1060 g/mol. The van der Waals surface area contributed by atoms with Crippen molar-refractivity contribution in [2.24, 2.45) is 0 Å². The van der Waals surface area contributed by atoms with Gasteiger partial charge in [0.05, 0.1) is 35.2 Å². The van der Waals surface area contributed by atoms with Crippen molar-refractivity contribution in [2.75, 3.05) is 25.8 Å². The zero-order chi connectivity index (χ0) is 44.0. The van der Waals surface area contributed by atoms with Gasteiger partial charge in [-0.1, -0.05) is 104 Å². The summed E-state index contributed by atoms with van der Waals surface area (Å²) in [5, 5.41) is 30.0. The number of hydrogen-bond donors (Lipinski definition) is 3. The van der Waals surface area contributed by atoms with E-state index in [1.54, 1.807) is 43.7 Å². The zero-order valence-corrected chi connectivity index (χ0v) is 46.4. The molecule has 0 spiro atoms. The molecule has 2 unspecified atom stereocenters. The number of pyridine rings is 2. The van der Waals surface area contributed by atoms with Crippen LogP contribution >= 0.6 is 15.6 Å². The third-order valence-corrected chi connectivity index (χ3v) is 10.5. The fourth-order valence-corrected chi connectivity index (χ4v) is 6.02. The van der Waals surface area contributed by atoms with Crippen molar-refractivity contribution in [1.82, 2.24) is 9.97 Å². The van der Waals surface area contributed by atoms with Crippen molar-refractivity contribution >= 4 is 38.7 Å². The second-order valence-electron chi connectivity index (χ2n) is 14.0. The average Bonchev–Trinajstić information content (AvgIpc) is 3.27. The number of aliphatic hydroxyl groups is 3. The molecule has 324 valence electrons. The normalized spacial score (nSPS) is 11.6. The summed E-state index contributed by atoms with van der Waals surface area (Å²) >= 11 is 0. The van der Waals surface area contributed by atoms with Crippen molar-refractivity contribution in [3.63, 3.8) is 0 Å². The molecule has 0 amide bonds. The zero-order valence-electron chi connectivity index (χ0n) is 37.7. The van der Waals surface area contributed by atoms with Crippen LogP contribution in [-0.4, -0.2) is 62.7 Å². The Balaban J connectivity index is 0.00000109. The second kappa shape index (κ2) is 32.8. The number of ether oxygens (including phenoxy) is 1. The number of aromatic nitrogens is 2. The quantitative estimate of drug-likeness (QED) is 0.0293. The summed E-state index contributed by atoms with van der Waals surface area (Å²) in [4.78, 5) is 32.9. The summed E-state index contributed by atoms with van der Waals surface area (Å²) in [6, 6.07) is 41.5. The van der Waals surface area contributed by atoms with Gasteiger partial charge in [-0.3, -0.25) is 19.6 Å². The molecule has 64 heavy (non-hydrogen) atoms. The largest absolute Gasteiger partial charge is 1.00 e. The molecule has 0 aliphatic heterocycles. The molecule has 3 N–H and O–H groups in total. The van der Waals surface area contributed by atoms with Gasteiger partial charge in [-0.15, -0.1) is 0 Å². The van der Waals surface area contributed by atoms with Gasteiger partial charge in [0.15, 0.2) is 0 Å². The summed E-state index contributed by atoms with van der Waals surface area (Å²) in [5.41, 5.74) is 7.33. The van der Waals surface area contributed by atoms with E-state index in [9.17, 15) is 28.9 Å². The van der Waals surface area contributed by atoms with E-state index in [1.165, 1.54) is 35.7 Å². The van der Waals surface area contributed by atoms with Crippen molar-refractivity contribution in [3.8, 4) is 0 Å². The topological polar surface area (TPSA) is 164 Å². The molecule has 0 aliphatic rings. The Morgan fingerprint density at radius 1 is 0.594 bits per heavy atom. The number of aliphatic hydroxyl groups excluding tert-OH is 3. The summed E-state index contributed by atoms with van der Waals surface area (Å²) in [6.45, 7) is 5.42. The Kier molecular flexibility index (Phi) is 30.3. The molecular weight excluding hydrogens is 1010 g/mol. The molecule has 0 bridgehead atoms. The fraction of sp³-hybridized carbons (Fsp3) is 0.184. The molecular formula is C49H53N2NaO8P2Y2. The Morgan fingerprint density at radius 3 is 1.41 bits per heavy atom. The van der Waals surface area contributed by atoms with Gasteiger partial charge in [0, 0.05) is 101 Å². The number of allylic oxidation sites excluding steroid dienone is 2. The van der Waals surface area contributed by atoms with E-state index in [1.807, 2.05) is 104 Å². The third kappa shape index (κ3) is 22.1. The van der Waals surface area contributed by atoms with Gasteiger partial charge in [-0.2, -0.15) is 0 Å². The minimum atomic E-state index is -1.70. The molecule has 2 atom stereocenters. The van der Waals surface area contributed by atoms with Crippen LogP contribution in [0.2, 0.25) is 0 Å². The van der Waals surface area contributed by atoms with Crippen LogP contribution in [0.25, 0.3) is 11.5 Å². The first-order chi connectivity index (χ1) is 29.4. The number of carbonyl (C=O) groups is 2. The second-order valence-corrected chi connectivity index (χ2v) is 17.8. The van der Waals surface area contributed by atoms with Crippen LogP contribution in [0.15, 0.2) is 158 Å². The smallest absolute Gasteiger partial charge is 1.00 e. The van der Waals surface area contributed by atoms with E-state index < -0.39 is 27.2 Å². The first kappa shape index (κ1) is 59.2. The molecule has 2 aromatic heterocycles. The maximum atomic E-state index is 12.6. The third-order valence-electron chi connectivity index (χ3n) is 8.89. The van der Waals surface area contributed by atoms with E-state index in [0.29, 0.717) is 16.7 Å². The van der Waals surface area contributed by atoms with Gasteiger partial charge in [-0.05, 0) is 102 Å². The van der Waals surface area contributed by atoms with E-state index in [-0.39, 0.29) is 139 Å². The van der Waals surface area contributed by atoms with E-state index in [4.69, 9.17) is 9.84 Å². The molecule has 4 aromatic carbocycles. The summed E-state index contributed by atoms with van der Waals surface area (Å²) < 4.78 is 26.5. The number of nitrogens with zero attached hydrogens (tertiary/aromatic N) is 2. The van der Waals surface area contributed by atoms with Crippen molar-refractivity contribution in [2.45, 2.75) is 33.0 Å². The minimum Gasteiger partial charge on any atom is -1.00 e. The molecule has 0 saturated heterocycles. The summed E-state index contributed by atoms with van der Waals surface area (Å²) in [5.74, 6) is -1.03. The number of benzene rings is 4. The van der Waals surface area contributed by atoms with Crippen LogP contribution in [0, 0.1) is 0 Å². The Morgan fingerprint density at radius 2 is 1.00 bits per heavy atom. The molecule has 6 aromatic rings. The first-order valence-corrected chi connectivity index (χ1v) is 23.9. The molecule has 2 heterocycles. The molecule has 0 saturated carbocycles. The molecule has 0 aliphatic carbocycles. The van der Waals surface area contributed by atoms with Gasteiger partial charge in [0.1, 0.15) is 22.9 Å². The SMILES string of the molecule is CC[PH](C)=O.C[PH](=O)COCc1ccnc(C(=O)C=C(O)c2cccc(Cc3ccccc3)c2)c1.O=C(C=C(O)c1cccc(Cc2ccccc2)c1)c1cc(CO)ccn1.[H-].[Na+].[Y].[Y]. The van der Waals surface area contributed by atoms with Gasteiger partial charge < -0.3 is 30.6 Å². The standard InChI is InChI=1S/C24H24NO4P.C22H19NO3.C3H9OP.Na.2Y.H/c1-30(28)17-29-16-20-10-11-25-22(14-20)24(27)15-23(26)21-9-5-8-19(13-21)12-18-6-3-2-4-7-18;24-15-18-9-10-23-20(13-18)22(26)14-21(25)19-8-4-7-17(12-19)11-16-5-2-1-3-6-16;1-3-5(2)4;;;;/h2-11,13-15,26,30H,12,16-17H2,1H3;1-10,12-14,24-25H,11,15H2;5H,3H2,1-2H3;;;;/q;;;+1;;;-1. The number of hydrogen-bond acceptors (Lipinski definition) is 10. The van der Waals surface area contributed by atoms with Crippen molar-refractivity contribution < 1.29 is 135 Å². The van der Waals surface area contributed by atoms with Crippen LogP contribution < -0.4 is 29.6 Å². The maximum absolute atomic E-state index is 12.6. The Labute approximate surface area is 451 Å². The summed E-state index contributed by atoms with van der Waals surface area (Å²) in [6.07, 6.45) is 7.86. The molecule has 6 rings (SSSR count). The van der Waals surface area contributed by atoms with Crippen molar-refractivity contribution in [3.05, 3.63) is 214 Å². The predicted molar refractivity (Wildman–Crippen MR) is 247 cm³/mol.